The summed E-state index contributed by atoms with van der Waals surface area (Å²) in [6.45, 7) is 6.70. The molecule has 218 valence electrons. The van der Waals surface area contributed by atoms with E-state index in [1.807, 2.05) is 0 Å². The number of pyridine rings is 1. The number of amides is 1. The molecule has 1 aliphatic heterocycles. The smallest absolute Gasteiger partial charge is 0.268 e. The maximum absolute atomic E-state index is 15.7. The number of carbonyl (C=O) groups excluding carboxylic acids is 2. The molecule has 0 saturated carbocycles. The molecule has 2 heterocycles. The molecule has 0 aliphatic carbocycles. The van der Waals surface area contributed by atoms with Gasteiger partial charge < -0.3 is 34.0 Å². The van der Waals surface area contributed by atoms with E-state index in [9.17, 15) is 14.8 Å². The number of benzene rings is 2. The van der Waals surface area contributed by atoms with Crippen LogP contribution >= 0.6 is 0 Å². The molecule has 3 aromatic rings. The largest absolute Gasteiger partial charge is 0.618 e. The number of aromatic nitrogens is 1. The highest BCUT2D eigenvalue weighted by molar-refractivity contribution is 6.08. The van der Waals surface area contributed by atoms with E-state index in [2.05, 4.69) is 0 Å². The number of fused-ring (bicyclic) bond motifs is 1. The number of hydrogen-bond acceptors (Lipinski definition) is 8. The van der Waals surface area contributed by atoms with Crippen molar-refractivity contribution < 1.29 is 37.7 Å². The summed E-state index contributed by atoms with van der Waals surface area (Å²) in [6.07, 6.45) is 3.68. The molecule has 0 atom stereocenters. The van der Waals surface area contributed by atoms with Crippen LogP contribution in [0, 0.1) is 11.0 Å². The van der Waals surface area contributed by atoms with Crippen LogP contribution < -0.4 is 28.6 Å². The Morgan fingerprint density at radius 2 is 1.61 bits per heavy atom. The van der Waals surface area contributed by atoms with E-state index < -0.39 is 11.6 Å². The van der Waals surface area contributed by atoms with Crippen molar-refractivity contribution in [2.24, 2.45) is 0 Å². The van der Waals surface area contributed by atoms with Crippen molar-refractivity contribution in [2.75, 3.05) is 52.4 Å². The van der Waals surface area contributed by atoms with Crippen molar-refractivity contribution in [1.82, 2.24) is 4.90 Å². The summed E-state index contributed by atoms with van der Waals surface area (Å²) in [5.41, 5.74) is 0.973. The highest BCUT2D eigenvalue weighted by atomic mass is 19.1. The quantitative estimate of drug-likeness (QED) is 0.166. The highest BCUT2D eigenvalue weighted by Gasteiger charge is 2.30. The molecule has 11 heteroatoms. The lowest BCUT2D eigenvalue weighted by Gasteiger charge is -2.36. The lowest BCUT2D eigenvalue weighted by molar-refractivity contribution is -0.577. The number of rotatable bonds is 9. The Balaban J connectivity index is 1.71. The van der Waals surface area contributed by atoms with Gasteiger partial charge in [0.05, 0.1) is 38.4 Å². The van der Waals surface area contributed by atoms with Crippen molar-refractivity contribution in [3.63, 3.8) is 0 Å². The van der Waals surface area contributed by atoms with Crippen LogP contribution in [-0.2, 0) is 4.79 Å². The van der Waals surface area contributed by atoms with Gasteiger partial charge in [0.1, 0.15) is 5.69 Å². The number of nitrogens with zero attached hydrogens (tertiary/aromatic N) is 3. The molecule has 0 bridgehead atoms. The Labute approximate surface area is 238 Å². The van der Waals surface area contributed by atoms with Crippen LogP contribution in [-0.4, -0.2) is 70.2 Å². The molecule has 1 fully saturated rings. The van der Waals surface area contributed by atoms with Crippen LogP contribution in [0.1, 0.15) is 36.7 Å². The van der Waals surface area contributed by atoms with Gasteiger partial charge in [0.2, 0.25) is 17.4 Å². The van der Waals surface area contributed by atoms with Gasteiger partial charge in [0.15, 0.2) is 29.3 Å². The fraction of sp³-hybridized carbons (Fsp3) is 0.367. The minimum absolute atomic E-state index is 0.0452. The van der Waals surface area contributed by atoms with Gasteiger partial charge in [-0.2, -0.15) is 4.73 Å². The monoisotopic (exact) mass is 567 g/mol. The lowest BCUT2D eigenvalue weighted by atomic mass is 10.1. The lowest BCUT2D eigenvalue weighted by Crippen LogP contribution is -2.48. The van der Waals surface area contributed by atoms with E-state index in [4.69, 9.17) is 18.9 Å². The summed E-state index contributed by atoms with van der Waals surface area (Å²) in [4.78, 5) is 28.3. The molecule has 0 N–H and O–H groups in total. The molecule has 1 aliphatic rings. The molecule has 4 rings (SSSR count). The Hall–Kier alpha value is -4.54. The molecule has 1 amide bonds. The van der Waals surface area contributed by atoms with Gasteiger partial charge >= 0.3 is 0 Å². The maximum atomic E-state index is 15.7. The Bertz CT molecular complexity index is 1470. The third kappa shape index (κ3) is 6.13. The first kappa shape index (κ1) is 29.4. The summed E-state index contributed by atoms with van der Waals surface area (Å²) in [5.74, 6) is 0.289. The van der Waals surface area contributed by atoms with E-state index in [-0.39, 0.29) is 39.9 Å². The Kier molecular flexibility index (Phi) is 8.85. The number of anilines is 1. The number of carbonyl (C=O) groups is 2. The third-order valence-electron chi connectivity index (χ3n) is 6.79. The van der Waals surface area contributed by atoms with Gasteiger partial charge in [-0.3, -0.25) is 9.59 Å². The van der Waals surface area contributed by atoms with Crippen LogP contribution in [0.3, 0.4) is 0 Å². The first-order chi connectivity index (χ1) is 19.6. The van der Waals surface area contributed by atoms with Crippen molar-refractivity contribution in [3.8, 4) is 23.0 Å². The van der Waals surface area contributed by atoms with E-state index in [1.54, 1.807) is 41.9 Å². The number of allylic oxidation sites excluding steroid dienone is 1. The molecular weight excluding hydrogens is 533 g/mol. The first-order valence-electron chi connectivity index (χ1n) is 13.2. The third-order valence-corrected chi connectivity index (χ3v) is 6.79. The van der Waals surface area contributed by atoms with Crippen LogP contribution in [0.5, 0.6) is 23.0 Å². The zero-order valence-electron chi connectivity index (χ0n) is 24.0. The fourth-order valence-electron chi connectivity index (χ4n) is 4.85. The first-order valence-corrected chi connectivity index (χ1v) is 13.2. The van der Waals surface area contributed by atoms with Crippen LogP contribution in [0.2, 0.25) is 0 Å². The molecular formula is C30H34FN3O7. The van der Waals surface area contributed by atoms with Crippen LogP contribution in [0.15, 0.2) is 36.5 Å². The summed E-state index contributed by atoms with van der Waals surface area (Å²) >= 11 is 0. The topological polar surface area (TPSA) is 104 Å². The number of ketones is 1. The average Bonchev–Trinajstić information content (AvgIpc) is 2.94. The second kappa shape index (κ2) is 12.3. The van der Waals surface area contributed by atoms with Crippen molar-refractivity contribution >= 4 is 34.4 Å². The summed E-state index contributed by atoms with van der Waals surface area (Å²) in [7, 11) is 4.48. The van der Waals surface area contributed by atoms with Gasteiger partial charge in [-0.15, -0.1) is 0 Å². The number of methoxy groups -OCH3 is 3. The van der Waals surface area contributed by atoms with Crippen LogP contribution in [0.25, 0.3) is 17.0 Å². The maximum Gasteiger partial charge on any atom is 0.268 e. The van der Waals surface area contributed by atoms with E-state index in [0.717, 1.165) is 6.20 Å². The van der Waals surface area contributed by atoms with Crippen molar-refractivity contribution in [1.29, 1.82) is 0 Å². The summed E-state index contributed by atoms with van der Waals surface area (Å²) < 4.78 is 38.2. The molecule has 1 aromatic heterocycles. The molecule has 10 nitrogen and oxygen atoms in total. The Morgan fingerprint density at radius 3 is 2.15 bits per heavy atom. The van der Waals surface area contributed by atoms with Crippen molar-refractivity contribution in [3.05, 3.63) is 58.7 Å². The minimum Gasteiger partial charge on any atom is -0.618 e. The zero-order valence-corrected chi connectivity index (χ0v) is 24.0. The highest BCUT2D eigenvalue weighted by Crippen LogP contribution is 2.40. The van der Waals surface area contributed by atoms with Gasteiger partial charge in [-0.05, 0) is 49.8 Å². The van der Waals surface area contributed by atoms with Gasteiger partial charge in [-0.25, -0.2) is 4.39 Å². The molecule has 1 saturated heterocycles. The normalized spacial score (nSPS) is 13.7. The predicted molar refractivity (Wildman–Crippen MR) is 153 cm³/mol. The summed E-state index contributed by atoms with van der Waals surface area (Å²) in [6, 6.07) is 6.08. The predicted octanol–water partition coefficient (Wildman–Crippen LogP) is 3.99. The average molecular weight is 568 g/mol. The fourth-order valence-corrected chi connectivity index (χ4v) is 4.85. The Morgan fingerprint density at radius 1 is 0.976 bits per heavy atom. The zero-order chi connectivity index (χ0) is 29.8. The number of halogens is 1. The van der Waals surface area contributed by atoms with E-state index in [0.29, 0.717) is 53.7 Å². The van der Waals surface area contributed by atoms with Gasteiger partial charge in [-0.1, -0.05) is 6.08 Å². The number of hydrogen-bond donors (Lipinski definition) is 0. The number of ether oxygens (including phenoxy) is 4. The van der Waals surface area contributed by atoms with Gasteiger partial charge in [0.25, 0.3) is 5.52 Å². The molecule has 0 spiro atoms. The van der Waals surface area contributed by atoms with Crippen LogP contribution in [0.4, 0.5) is 10.1 Å². The standard InChI is InChI=1S/C30H34FN3O7/c1-18(2)41-30-27-21(16-23(31)28(30)33-11-9-32(10-12-33)19(3)35)15-22(17-34(27)37)24(36)8-7-20-13-25(38-4)29(40-6)26(14-20)39-5/h7-8,13-18H,9-12H2,1-6H3. The van der Waals surface area contributed by atoms with Gasteiger partial charge in [0, 0.05) is 33.1 Å². The summed E-state index contributed by atoms with van der Waals surface area (Å²) in [5, 5.41) is 13.6. The molecule has 0 radical (unpaired) electrons. The SMILES string of the molecule is COc1cc(C=CC(=O)c2cc3cc(F)c(N4CCN(C(C)=O)CC4)c(OC(C)C)c3[n+]([O-])c2)cc(OC)c1OC. The molecule has 0 unspecified atom stereocenters. The number of piperazine rings is 1. The van der Waals surface area contributed by atoms with E-state index in [1.165, 1.54) is 46.5 Å². The second-order valence-electron chi connectivity index (χ2n) is 9.84. The van der Waals surface area contributed by atoms with Crippen molar-refractivity contribution in [2.45, 2.75) is 26.9 Å². The minimum atomic E-state index is -0.581. The van der Waals surface area contributed by atoms with E-state index >= 15 is 4.39 Å². The molecule has 2 aromatic carbocycles. The second-order valence-corrected chi connectivity index (χ2v) is 9.84. The molecule has 41 heavy (non-hydrogen) atoms.